The van der Waals surface area contributed by atoms with E-state index in [0.717, 1.165) is 11.6 Å². The standard InChI is InChI=1S/C13H23N3/c1-4-5-6-8-11(2)15-13-10-7-9-12(14-3)16-13/h7,9-11H,4-6,8H2,1-3H3,(H2,14,15,16). The van der Waals surface area contributed by atoms with E-state index in [-0.39, 0.29) is 0 Å². The van der Waals surface area contributed by atoms with Crippen LogP contribution < -0.4 is 10.6 Å². The van der Waals surface area contributed by atoms with Crippen LogP contribution in [-0.2, 0) is 0 Å². The molecule has 0 spiro atoms. The molecule has 1 aromatic heterocycles. The second-order valence-corrected chi connectivity index (χ2v) is 4.20. The lowest BCUT2D eigenvalue weighted by molar-refractivity contribution is 0.614. The number of hydrogen-bond donors (Lipinski definition) is 2. The quantitative estimate of drug-likeness (QED) is 0.692. The lowest BCUT2D eigenvalue weighted by atomic mass is 10.1. The van der Waals surface area contributed by atoms with Crippen molar-refractivity contribution in [2.45, 2.75) is 45.6 Å². The van der Waals surface area contributed by atoms with Gasteiger partial charge in [-0.2, -0.15) is 0 Å². The van der Waals surface area contributed by atoms with Gasteiger partial charge >= 0.3 is 0 Å². The summed E-state index contributed by atoms with van der Waals surface area (Å²) in [4.78, 5) is 4.44. The Morgan fingerprint density at radius 1 is 1.25 bits per heavy atom. The molecule has 0 saturated heterocycles. The zero-order chi connectivity index (χ0) is 11.8. The van der Waals surface area contributed by atoms with Crippen LogP contribution in [0.3, 0.4) is 0 Å². The smallest absolute Gasteiger partial charge is 0.128 e. The molecule has 0 radical (unpaired) electrons. The highest BCUT2D eigenvalue weighted by Gasteiger charge is 2.02. The molecule has 16 heavy (non-hydrogen) atoms. The number of rotatable bonds is 7. The fraction of sp³-hybridized carbons (Fsp3) is 0.615. The summed E-state index contributed by atoms with van der Waals surface area (Å²) in [5, 5.41) is 6.47. The Bertz CT molecular complexity index is 299. The van der Waals surface area contributed by atoms with Crippen molar-refractivity contribution in [3.63, 3.8) is 0 Å². The molecule has 1 aromatic rings. The lowest BCUT2D eigenvalue weighted by Gasteiger charge is -2.14. The van der Waals surface area contributed by atoms with Gasteiger partial charge in [-0.25, -0.2) is 4.98 Å². The first-order chi connectivity index (χ1) is 7.76. The molecular formula is C13H23N3. The van der Waals surface area contributed by atoms with E-state index in [9.17, 15) is 0 Å². The van der Waals surface area contributed by atoms with Crippen molar-refractivity contribution in [2.75, 3.05) is 17.7 Å². The molecule has 1 unspecified atom stereocenters. The molecule has 3 nitrogen and oxygen atoms in total. The van der Waals surface area contributed by atoms with Gasteiger partial charge in [0.25, 0.3) is 0 Å². The van der Waals surface area contributed by atoms with Crippen molar-refractivity contribution < 1.29 is 0 Å². The van der Waals surface area contributed by atoms with E-state index in [1.807, 2.05) is 25.2 Å². The highest BCUT2D eigenvalue weighted by molar-refractivity contribution is 5.45. The Hall–Kier alpha value is -1.25. The van der Waals surface area contributed by atoms with Crippen molar-refractivity contribution in [1.82, 2.24) is 4.98 Å². The van der Waals surface area contributed by atoms with Gasteiger partial charge in [0.15, 0.2) is 0 Å². The van der Waals surface area contributed by atoms with Gasteiger partial charge in [0.1, 0.15) is 11.6 Å². The van der Waals surface area contributed by atoms with E-state index < -0.39 is 0 Å². The van der Waals surface area contributed by atoms with Crippen molar-refractivity contribution in [3.05, 3.63) is 18.2 Å². The van der Waals surface area contributed by atoms with Crippen LogP contribution in [0.15, 0.2) is 18.2 Å². The Morgan fingerprint density at radius 3 is 2.69 bits per heavy atom. The number of anilines is 2. The molecule has 0 aliphatic rings. The van der Waals surface area contributed by atoms with Crippen molar-refractivity contribution in [2.24, 2.45) is 0 Å². The Balaban J connectivity index is 2.39. The summed E-state index contributed by atoms with van der Waals surface area (Å²) >= 11 is 0. The molecule has 1 atom stereocenters. The summed E-state index contributed by atoms with van der Waals surface area (Å²) in [5.74, 6) is 1.86. The third-order valence-corrected chi connectivity index (χ3v) is 2.64. The van der Waals surface area contributed by atoms with E-state index in [4.69, 9.17) is 0 Å². The monoisotopic (exact) mass is 221 g/mol. The van der Waals surface area contributed by atoms with E-state index >= 15 is 0 Å². The molecule has 2 N–H and O–H groups in total. The average Bonchev–Trinajstić information content (AvgIpc) is 2.29. The normalized spacial score (nSPS) is 12.2. The van der Waals surface area contributed by atoms with Crippen LogP contribution >= 0.6 is 0 Å². The van der Waals surface area contributed by atoms with Crippen LogP contribution in [0.4, 0.5) is 11.6 Å². The minimum absolute atomic E-state index is 0.492. The average molecular weight is 221 g/mol. The third-order valence-electron chi connectivity index (χ3n) is 2.64. The maximum absolute atomic E-state index is 4.44. The first kappa shape index (κ1) is 12.8. The highest BCUT2D eigenvalue weighted by Crippen LogP contribution is 2.12. The van der Waals surface area contributed by atoms with Gasteiger partial charge in [-0.15, -0.1) is 0 Å². The highest BCUT2D eigenvalue weighted by atomic mass is 15.1. The second kappa shape index (κ2) is 7.09. The minimum atomic E-state index is 0.492. The number of hydrogen-bond acceptors (Lipinski definition) is 3. The molecule has 0 saturated carbocycles. The minimum Gasteiger partial charge on any atom is -0.373 e. The van der Waals surface area contributed by atoms with Crippen LogP contribution in [0.5, 0.6) is 0 Å². The number of unbranched alkanes of at least 4 members (excludes halogenated alkanes) is 2. The predicted octanol–water partition coefficient (Wildman–Crippen LogP) is 3.50. The Kier molecular flexibility index (Phi) is 5.68. The second-order valence-electron chi connectivity index (χ2n) is 4.20. The third kappa shape index (κ3) is 4.51. The summed E-state index contributed by atoms with van der Waals surface area (Å²) in [6.45, 7) is 4.44. The van der Waals surface area contributed by atoms with Gasteiger partial charge in [-0.05, 0) is 25.5 Å². The predicted molar refractivity (Wildman–Crippen MR) is 71.0 cm³/mol. The van der Waals surface area contributed by atoms with E-state index in [1.165, 1.54) is 25.7 Å². The molecule has 0 aliphatic heterocycles. The summed E-state index contributed by atoms with van der Waals surface area (Å²) in [7, 11) is 1.89. The van der Waals surface area contributed by atoms with Gasteiger partial charge in [0.2, 0.25) is 0 Å². The maximum Gasteiger partial charge on any atom is 0.128 e. The van der Waals surface area contributed by atoms with Crippen LogP contribution in [0, 0.1) is 0 Å². The number of aromatic nitrogens is 1. The number of nitrogens with one attached hydrogen (secondary N) is 2. The summed E-state index contributed by atoms with van der Waals surface area (Å²) in [5.41, 5.74) is 0. The number of pyridine rings is 1. The van der Waals surface area contributed by atoms with Gasteiger partial charge in [0.05, 0.1) is 0 Å². The molecule has 3 heteroatoms. The molecule has 0 bridgehead atoms. The Labute approximate surface area is 98.7 Å². The molecule has 0 aromatic carbocycles. The molecule has 1 heterocycles. The summed E-state index contributed by atoms with van der Waals surface area (Å²) < 4.78 is 0. The first-order valence-corrected chi connectivity index (χ1v) is 6.17. The molecule has 0 amide bonds. The topological polar surface area (TPSA) is 37.0 Å². The molecule has 0 fully saturated rings. The van der Waals surface area contributed by atoms with E-state index in [1.54, 1.807) is 0 Å². The SMILES string of the molecule is CCCCCC(C)Nc1cccc(NC)n1. The van der Waals surface area contributed by atoms with Crippen LogP contribution in [0.1, 0.15) is 39.5 Å². The fourth-order valence-electron chi connectivity index (χ4n) is 1.68. The fourth-order valence-corrected chi connectivity index (χ4v) is 1.68. The van der Waals surface area contributed by atoms with Gasteiger partial charge in [-0.3, -0.25) is 0 Å². The van der Waals surface area contributed by atoms with Crippen molar-refractivity contribution >= 4 is 11.6 Å². The van der Waals surface area contributed by atoms with Crippen molar-refractivity contribution in [1.29, 1.82) is 0 Å². The maximum atomic E-state index is 4.44. The number of nitrogens with zero attached hydrogens (tertiary/aromatic N) is 1. The van der Waals surface area contributed by atoms with Crippen LogP contribution in [0.25, 0.3) is 0 Å². The lowest BCUT2D eigenvalue weighted by Crippen LogP contribution is -2.16. The Morgan fingerprint density at radius 2 is 2.00 bits per heavy atom. The van der Waals surface area contributed by atoms with Gasteiger partial charge in [-0.1, -0.05) is 32.3 Å². The van der Waals surface area contributed by atoms with Crippen molar-refractivity contribution in [3.8, 4) is 0 Å². The van der Waals surface area contributed by atoms with Crippen LogP contribution in [-0.4, -0.2) is 18.1 Å². The molecular weight excluding hydrogens is 198 g/mol. The molecule has 90 valence electrons. The first-order valence-electron chi connectivity index (χ1n) is 6.17. The zero-order valence-electron chi connectivity index (χ0n) is 10.6. The summed E-state index contributed by atoms with van der Waals surface area (Å²) in [6.07, 6.45) is 5.09. The zero-order valence-corrected chi connectivity index (χ0v) is 10.6. The largest absolute Gasteiger partial charge is 0.373 e. The van der Waals surface area contributed by atoms with Gasteiger partial charge in [0, 0.05) is 13.1 Å². The van der Waals surface area contributed by atoms with E-state index in [0.29, 0.717) is 6.04 Å². The molecule has 0 aliphatic carbocycles. The van der Waals surface area contributed by atoms with E-state index in [2.05, 4.69) is 29.5 Å². The summed E-state index contributed by atoms with van der Waals surface area (Å²) in [6, 6.07) is 6.48. The van der Waals surface area contributed by atoms with Crippen LogP contribution in [0.2, 0.25) is 0 Å². The molecule has 1 rings (SSSR count). The van der Waals surface area contributed by atoms with Gasteiger partial charge < -0.3 is 10.6 Å².